The van der Waals surface area contributed by atoms with Crippen LogP contribution in [0.1, 0.15) is 41.5 Å². The number of fused-ring (bicyclic) bond motifs is 2. The number of carboxylic acids is 1. The molecule has 1 aromatic heterocycles. The maximum Gasteiger partial charge on any atom is 0.490 e. The first-order valence-corrected chi connectivity index (χ1v) is 9.33. The average Bonchev–Trinajstić information content (AvgIpc) is 3.26. The van der Waals surface area contributed by atoms with Gasteiger partial charge in [-0.1, -0.05) is 23.8 Å². The van der Waals surface area contributed by atoms with Gasteiger partial charge in [0.25, 0.3) is 0 Å². The van der Waals surface area contributed by atoms with Gasteiger partial charge in [-0.25, -0.2) is 4.79 Å². The number of aliphatic carboxylic acids is 1. The Bertz CT molecular complexity index is 807. The Labute approximate surface area is 162 Å². The van der Waals surface area contributed by atoms with Crippen LogP contribution in [-0.2, 0) is 23.2 Å². The Morgan fingerprint density at radius 3 is 2.46 bits per heavy atom. The molecule has 1 aromatic carbocycles. The van der Waals surface area contributed by atoms with E-state index in [4.69, 9.17) is 14.3 Å². The van der Waals surface area contributed by atoms with Crippen LogP contribution in [0.4, 0.5) is 13.2 Å². The lowest BCUT2D eigenvalue weighted by atomic mass is 9.73. The standard InChI is InChI=1S/C19H23NO.C2HF3O2/c1-15-2-3-17-4-6-19(18(17)12-15)7-9-20(10-8-19)13-16-5-11-21-14-16;3-2(4,5)1(6)7/h2-3,5,11-12,14H,4,6-10,13H2,1H3;(H,6,7). The van der Waals surface area contributed by atoms with Crippen LogP contribution < -0.4 is 0 Å². The van der Waals surface area contributed by atoms with Crippen LogP contribution in [0.25, 0.3) is 0 Å². The van der Waals surface area contributed by atoms with Crippen LogP contribution in [0.3, 0.4) is 0 Å². The lowest BCUT2D eigenvalue weighted by Gasteiger charge is -2.40. The molecule has 1 aliphatic carbocycles. The molecule has 2 aromatic rings. The molecule has 0 amide bonds. The molecule has 1 fully saturated rings. The van der Waals surface area contributed by atoms with Crippen molar-refractivity contribution in [2.24, 2.45) is 0 Å². The number of alkyl halides is 3. The van der Waals surface area contributed by atoms with E-state index in [1.54, 1.807) is 17.4 Å². The van der Waals surface area contributed by atoms with E-state index in [-0.39, 0.29) is 0 Å². The number of hydrogen-bond acceptors (Lipinski definition) is 3. The van der Waals surface area contributed by atoms with Crippen molar-refractivity contribution in [3.63, 3.8) is 0 Å². The molecule has 28 heavy (non-hydrogen) atoms. The van der Waals surface area contributed by atoms with Crippen molar-refractivity contribution in [1.82, 2.24) is 4.90 Å². The van der Waals surface area contributed by atoms with E-state index in [1.807, 2.05) is 6.26 Å². The van der Waals surface area contributed by atoms with Gasteiger partial charge in [0.1, 0.15) is 0 Å². The lowest BCUT2D eigenvalue weighted by molar-refractivity contribution is -0.192. The van der Waals surface area contributed by atoms with Crippen LogP contribution in [0.2, 0.25) is 0 Å². The Morgan fingerprint density at radius 1 is 1.21 bits per heavy atom. The Morgan fingerprint density at radius 2 is 1.89 bits per heavy atom. The number of carbonyl (C=O) groups is 1. The van der Waals surface area contributed by atoms with Gasteiger partial charge in [-0.05, 0) is 68.3 Å². The summed E-state index contributed by atoms with van der Waals surface area (Å²) in [4.78, 5) is 11.5. The third kappa shape index (κ3) is 4.58. The summed E-state index contributed by atoms with van der Waals surface area (Å²) < 4.78 is 36.9. The zero-order valence-corrected chi connectivity index (χ0v) is 15.8. The van der Waals surface area contributed by atoms with E-state index < -0.39 is 12.1 Å². The van der Waals surface area contributed by atoms with Gasteiger partial charge in [0.05, 0.1) is 12.5 Å². The first-order chi connectivity index (χ1) is 13.2. The maximum absolute atomic E-state index is 10.6. The minimum atomic E-state index is -5.08. The number of carboxylic acid groups (broad SMARTS) is 1. The SMILES string of the molecule is Cc1ccc2c(c1)C1(CC2)CCN(Cc2ccoc2)CC1.O=C(O)C(F)(F)F. The number of benzene rings is 1. The summed E-state index contributed by atoms with van der Waals surface area (Å²) in [6.07, 6.45) is 3.81. The van der Waals surface area contributed by atoms with E-state index in [1.165, 1.54) is 49.9 Å². The Hall–Kier alpha value is -2.28. The number of hydrogen-bond donors (Lipinski definition) is 1. The highest BCUT2D eigenvalue weighted by molar-refractivity contribution is 5.73. The van der Waals surface area contributed by atoms with E-state index in [0.29, 0.717) is 5.41 Å². The third-order valence-corrected chi connectivity index (χ3v) is 5.75. The van der Waals surface area contributed by atoms with Crippen molar-refractivity contribution in [2.75, 3.05) is 13.1 Å². The van der Waals surface area contributed by atoms with Gasteiger partial charge in [-0.3, -0.25) is 4.90 Å². The molecule has 1 N–H and O–H groups in total. The van der Waals surface area contributed by atoms with Crippen LogP contribution in [0.15, 0.2) is 41.2 Å². The van der Waals surface area contributed by atoms with Crippen LogP contribution in [0, 0.1) is 6.92 Å². The van der Waals surface area contributed by atoms with Crippen molar-refractivity contribution < 1.29 is 27.5 Å². The van der Waals surface area contributed by atoms with Crippen LogP contribution >= 0.6 is 0 Å². The van der Waals surface area contributed by atoms with Crippen LogP contribution in [-0.4, -0.2) is 35.2 Å². The normalized spacial score (nSPS) is 18.4. The number of nitrogens with zero attached hydrogens (tertiary/aromatic N) is 1. The first kappa shape index (κ1) is 20.5. The first-order valence-electron chi connectivity index (χ1n) is 9.33. The average molecular weight is 395 g/mol. The van der Waals surface area contributed by atoms with Gasteiger partial charge in [0, 0.05) is 12.1 Å². The van der Waals surface area contributed by atoms with Crippen LogP contribution in [0.5, 0.6) is 0 Å². The molecule has 2 heterocycles. The number of likely N-dealkylation sites (tertiary alicyclic amines) is 1. The van der Waals surface area contributed by atoms with Crippen molar-refractivity contribution in [1.29, 1.82) is 0 Å². The van der Waals surface area contributed by atoms with Gasteiger partial charge < -0.3 is 9.52 Å². The van der Waals surface area contributed by atoms with E-state index >= 15 is 0 Å². The highest BCUT2D eigenvalue weighted by Gasteiger charge is 2.41. The molecule has 1 aliphatic heterocycles. The maximum atomic E-state index is 10.6. The smallest absolute Gasteiger partial charge is 0.475 e. The second kappa shape index (κ2) is 7.99. The molecular formula is C21H24F3NO3. The molecular weight excluding hydrogens is 371 g/mol. The van der Waals surface area contributed by atoms with Crippen molar-refractivity contribution >= 4 is 5.97 Å². The summed E-state index contributed by atoms with van der Waals surface area (Å²) >= 11 is 0. The fourth-order valence-electron chi connectivity index (χ4n) is 4.21. The Balaban J connectivity index is 0.000000279. The molecule has 7 heteroatoms. The second-order valence-corrected chi connectivity index (χ2v) is 7.65. The fourth-order valence-corrected chi connectivity index (χ4v) is 4.21. The Kier molecular flexibility index (Phi) is 5.84. The summed E-state index contributed by atoms with van der Waals surface area (Å²) in [7, 11) is 0. The molecule has 0 atom stereocenters. The molecule has 4 rings (SSSR count). The zero-order valence-electron chi connectivity index (χ0n) is 15.8. The third-order valence-electron chi connectivity index (χ3n) is 5.75. The van der Waals surface area contributed by atoms with Gasteiger partial charge in [-0.2, -0.15) is 13.2 Å². The van der Waals surface area contributed by atoms with Crippen molar-refractivity contribution in [3.8, 4) is 0 Å². The predicted molar refractivity (Wildman–Crippen MR) is 98.1 cm³/mol. The van der Waals surface area contributed by atoms with Gasteiger partial charge in [0.2, 0.25) is 0 Å². The highest BCUT2D eigenvalue weighted by Crippen LogP contribution is 2.46. The molecule has 0 radical (unpaired) electrons. The summed E-state index contributed by atoms with van der Waals surface area (Å²) in [5, 5.41) is 7.12. The number of furan rings is 1. The quantitative estimate of drug-likeness (QED) is 0.801. The fraction of sp³-hybridized carbons (Fsp3) is 0.476. The van der Waals surface area contributed by atoms with Crippen molar-refractivity contribution in [3.05, 3.63) is 59.0 Å². The highest BCUT2D eigenvalue weighted by atomic mass is 19.4. The minimum absolute atomic E-state index is 0.467. The molecule has 0 unspecified atom stereocenters. The number of rotatable bonds is 2. The summed E-state index contributed by atoms with van der Waals surface area (Å²) in [6, 6.07) is 9.16. The summed E-state index contributed by atoms with van der Waals surface area (Å²) in [5.74, 6) is -2.76. The summed E-state index contributed by atoms with van der Waals surface area (Å²) in [5.41, 5.74) is 6.44. The number of piperidine rings is 1. The number of aryl methyl sites for hydroxylation is 2. The monoisotopic (exact) mass is 395 g/mol. The van der Waals surface area contributed by atoms with Crippen molar-refractivity contribution in [2.45, 2.75) is 50.7 Å². The van der Waals surface area contributed by atoms with E-state index in [9.17, 15) is 13.2 Å². The molecule has 4 nitrogen and oxygen atoms in total. The van der Waals surface area contributed by atoms with Gasteiger partial charge >= 0.3 is 12.1 Å². The molecule has 2 aliphatic rings. The molecule has 0 bridgehead atoms. The van der Waals surface area contributed by atoms with Gasteiger partial charge in [-0.15, -0.1) is 0 Å². The minimum Gasteiger partial charge on any atom is -0.475 e. The zero-order chi connectivity index (χ0) is 20.4. The largest absolute Gasteiger partial charge is 0.490 e. The number of halogens is 3. The van der Waals surface area contributed by atoms with E-state index in [0.717, 1.165) is 6.54 Å². The molecule has 152 valence electrons. The van der Waals surface area contributed by atoms with E-state index in [2.05, 4.69) is 36.1 Å². The van der Waals surface area contributed by atoms with Gasteiger partial charge in [0.15, 0.2) is 0 Å². The molecule has 0 saturated carbocycles. The summed E-state index contributed by atoms with van der Waals surface area (Å²) in [6.45, 7) is 5.67. The topological polar surface area (TPSA) is 53.7 Å². The second-order valence-electron chi connectivity index (χ2n) is 7.65. The predicted octanol–water partition coefficient (Wildman–Crippen LogP) is 4.70. The lowest BCUT2D eigenvalue weighted by Crippen LogP contribution is -2.41. The molecule has 1 saturated heterocycles. The molecule has 1 spiro atoms.